The Kier molecular flexibility index (Phi) is 3.07. The number of aromatic nitrogens is 2. The van der Waals surface area contributed by atoms with Crippen molar-refractivity contribution in [3.63, 3.8) is 0 Å². The highest BCUT2D eigenvalue weighted by Gasteiger charge is 2.38. The van der Waals surface area contributed by atoms with Gasteiger partial charge in [0.1, 0.15) is 0 Å². The van der Waals surface area contributed by atoms with E-state index in [9.17, 15) is 4.79 Å². The van der Waals surface area contributed by atoms with Crippen molar-refractivity contribution in [2.45, 2.75) is 19.3 Å². The quantitative estimate of drug-likeness (QED) is 0.888. The maximum atomic E-state index is 12.1. The van der Waals surface area contributed by atoms with Crippen LogP contribution in [0.1, 0.15) is 19.3 Å². The molecule has 1 aliphatic carbocycles. The second-order valence-electron chi connectivity index (χ2n) is 4.87. The number of carbonyl (C=O) groups excluding carboxylic acids is 1. The van der Waals surface area contributed by atoms with Crippen LogP contribution in [0.2, 0.25) is 0 Å². The molecule has 2 heterocycles. The summed E-state index contributed by atoms with van der Waals surface area (Å²) in [4.78, 5) is 18.0. The molecule has 1 aliphatic heterocycles. The number of nitrogens with zero attached hydrogens (tertiary/aromatic N) is 3. The third kappa shape index (κ3) is 2.14. The number of methoxy groups -OCH3 is 1. The SMILES string of the molecule is COc1nsc(NC(=O)N2CC3CCCC3C2)n1. The maximum Gasteiger partial charge on any atom is 0.329 e. The Labute approximate surface area is 110 Å². The molecule has 2 amide bonds. The van der Waals surface area contributed by atoms with Gasteiger partial charge in [-0.05, 0) is 24.7 Å². The van der Waals surface area contributed by atoms with Crippen LogP contribution in [0.4, 0.5) is 9.93 Å². The van der Waals surface area contributed by atoms with Crippen molar-refractivity contribution in [3.8, 4) is 6.01 Å². The first kappa shape index (κ1) is 11.7. The zero-order chi connectivity index (χ0) is 12.5. The highest BCUT2D eigenvalue weighted by molar-refractivity contribution is 7.10. The number of hydrogen-bond acceptors (Lipinski definition) is 5. The van der Waals surface area contributed by atoms with E-state index in [0.717, 1.165) is 24.6 Å². The summed E-state index contributed by atoms with van der Waals surface area (Å²) >= 11 is 1.14. The van der Waals surface area contributed by atoms with Gasteiger partial charge in [-0.2, -0.15) is 4.98 Å². The molecule has 0 aromatic carbocycles. The zero-order valence-electron chi connectivity index (χ0n) is 10.3. The molecule has 98 valence electrons. The second-order valence-corrected chi connectivity index (χ2v) is 5.62. The van der Waals surface area contributed by atoms with Gasteiger partial charge in [-0.1, -0.05) is 6.42 Å². The molecule has 2 aliphatic rings. The number of rotatable bonds is 2. The first-order chi connectivity index (χ1) is 8.76. The summed E-state index contributed by atoms with van der Waals surface area (Å²) in [5.74, 6) is 1.42. The fourth-order valence-corrected chi connectivity index (χ4v) is 3.45. The van der Waals surface area contributed by atoms with Gasteiger partial charge in [-0.25, -0.2) is 4.79 Å². The van der Waals surface area contributed by atoms with Gasteiger partial charge >= 0.3 is 12.0 Å². The van der Waals surface area contributed by atoms with E-state index in [1.807, 2.05) is 4.90 Å². The molecule has 0 bridgehead atoms. The average Bonchev–Trinajstić information content (AvgIpc) is 3.02. The normalized spacial score (nSPS) is 26.2. The Hall–Kier alpha value is -1.37. The Morgan fingerprint density at radius 1 is 1.44 bits per heavy atom. The van der Waals surface area contributed by atoms with Crippen molar-refractivity contribution in [2.24, 2.45) is 11.8 Å². The molecule has 1 saturated carbocycles. The molecule has 1 saturated heterocycles. The van der Waals surface area contributed by atoms with E-state index < -0.39 is 0 Å². The molecule has 6 nitrogen and oxygen atoms in total. The Morgan fingerprint density at radius 2 is 2.17 bits per heavy atom. The lowest BCUT2D eigenvalue weighted by Gasteiger charge is -2.16. The van der Waals surface area contributed by atoms with Crippen LogP contribution in [0.25, 0.3) is 0 Å². The molecule has 0 spiro atoms. The average molecular weight is 268 g/mol. The van der Waals surface area contributed by atoms with Crippen LogP contribution in [0.5, 0.6) is 6.01 Å². The lowest BCUT2D eigenvalue weighted by Crippen LogP contribution is -2.33. The molecule has 3 rings (SSSR count). The van der Waals surface area contributed by atoms with Gasteiger partial charge in [0, 0.05) is 24.6 Å². The fraction of sp³-hybridized carbons (Fsp3) is 0.727. The van der Waals surface area contributed by atoms with Gasteiger partial charge in [-0.15, -0.1) is 4.37 Å². The summed E-state index contributed by atoms with van der Waals surface area (Å²) in [6, 6.07) is 0.233. The Balaban J connectivity index is 1.58. The molecule has 1 aromatic heterocycles. The van der Waals surface area contributed by atoms with Gasteiger partial charge in [-0.3, -0.25) is 5.32 Å². The predicted molar refractivity (Wildman–Crippen MR) is 67.9 cm³/mol. The Morgan fingerprint density at radius 3 is 2.78 bits per heavy atom. The van der Waals surface area contributed by atoms with Crippen molar-refractivity contribution < 1.29 is 9.53 Å². The molecule has 7 heteroatoms. The summed E-state index contributed by atoms with van der Waals surface area (Å²) in [5, 5.41) is 3.27. The summed E-state index contributed by atoms with van der Waals surface area (Å²) in [7, 11) is 1.51. The van der Waals surface area contributed by atoms with Crippen LogP contribution in [0.3, 0.4) is 0 Å². The third-order valence-corrected chi connectivity index (χ3v) is 4.43. The topological polar surface area (TPSA) is 67.3 Å². The van der Waals surface area contributed by atoms with E-state index in [4.69, 9.17) is 4.74 Å². The van der Waals surface area contributed by atoms with Crippen LogP contribution in [-0.4, -0.2) is 40.5 Å². The van der Waals surface area contributed by atoms with E-state index in [1.54, 1.807) is 0 Å². The van der Waals surface area contributed by atoms with Crippen molar-refractivity contribution in [1.82, 2.24) is 14.3 Å². The number of ether oxygens (including phenoxy) is 1. The van der Waals surface area contributed by atoms with E-state index in [2.05, 4.69) is 14.7 Å². The molecule has 18 heavy (non-hydrogen) atoms. The van der Waals surface area contributed by atoms with E-state index in [1.165, 1.54) is 26.4 Å². The van der Waals surface area contributed by atoms with Crippen LogP contribution < -0.4 is 10.1 Å². The predicted octanol–water partition coefficient (Wildman–Crippen LogP) is 1.81. The van der Waals surface area contributed by atoms with Crippen LogP contribution in [-0.2, 0) is 0 Å². The van der Waals surface area contributed by atoms with Crippen molar-refractivity contribution in [2.75, 3.05) is 25.5 Å². The van der Waals surface area contributed by atoms with Gasteiger partial charge in [0.2, 0.25) is 5.13 Å². The highest BCUT2D eigenvalue weighted by Crippen LogP contribution is 2.37. The van der Waals surface area contributed by atoms with Crippen molar-refractivity contribution in [3.05, 3.63) is 0 Å². The second kappa shape index (κ2) is 4.72. The van der Waals surface area contributed by atoms with Gasteiger partial charge in [0.05, 0.1) is 7.11 Å². The number of likely N-dealkylation sites (tertiary alicyclic amines) is 1. The lowest BCUT2D eigenvalue weighted by molar-refractivity contribution is 0.219. The molecule has 2 unspecified atom stereocenters. The van der Waals surface area contributed by atoms with E-state index in [0.29, 0.717) is 23.0 Å². The number of hydrogen-bond donors (Lipinski definition) is 1. The van der Waals surface area contributed by atoms with Crippen molar-refractivity contribution in [1.29, 1.82) is 0 Å². The maximum absolute atomic E-state index is 12.1. The smallest absolute Gasteiger partial charge is 0.329 e. The summed E-state index contributed by atoms with van der Waals surface area (Å²) in [6.45, 7) is 1.76. The number of fused-ring (bicyclic) bond motifs is 1. The highest BCUT2D eigenvalue weighted by atomic mass is 32.1. The minimum atomic E-state index is -0.0665. The first-order valence-corrected chi connectivity index (χ1v) is 6.97. The Bertz CT molecular complexity index is 438. The molecular weight excluding hydrogens is 252 g/mol. The fourth-order valence-electron chi connectivity index (χ4n) is 2.92. The number of carbonyl (C=O) groups is 1. The molecule has 1 N–H and O–H groups in total. The number of amides is 2. The van der Waals surface area contributed by atoms with E-state index >= 15 is 0 Å². The standard InChI is InChI=1S/C11H16N4O2S/c1-17-9-12-10(18-14-9)13-11(16)15-5-7-3-2-4-8(7)6-15/h7-8H,2-6H2,1H3,(H,12,13,14,16). The third-order valence-electron chi connectivity index (χ3n) is 3.82. The van der Waals surface area contributed by atoms with Crippen LogP contribution in [0, 0.1) is 11.8 Å². The zero-order valence-corrected chi connectivity index (χ0v) is 11.1. The van der Waals surface area contributed by atoms with Crippen LogP contribution in [0.15, 0.2) is 0 Å². The molecule has 2 atom stereocenters. The van der Waals surface area contributed by atoms with Gasteiger partial charge in [0.25, 0.3) is 0 Å². The lowest BCUT2D eigenvalue weighted by atomic mass is 10.0. The first-order valence-electron chi connectivity index (χ1n) is 6.20. The number of nitrogens with one attached hydrogen (secondary N) is 1. The number of urea groups is 1. The van der Waals surface area contributed by atoms with Gasteiger partial charge in [0.15, 0.2) is 0 Å². The summed E-state index contributed by atoms with van der Waals surface area (Å²) < 4.78 is 8.83. The summed E-state index contributed by atoms with van der Waals surface area (Å²) in [6.07, 6.45) is 3.85. The van der Waals surface area contributed by atoms with Gasteiger partial charge < -0.3 is 9.64 Å². The van der Waals surface area contributed by atoms with Crippen LogP contribution >= 0.6 is 11.5 Å². The minimum Gasteiger partial charge on any atom is -0.466 e. The summed E-state index contributed by atoms with van der Waals surface area (Å²) in [5.41, 5.74) is 0. The van der Waals surface area contributed by atoms with E-state index in [-0.39, 0.29) is 6.03 Å². The molecule has 0 radical (unpaired) electrons. The molecular formula is C11H16N4O2S. The molecule has 1 aromatic rings. The number of anilines is 1. The monoisotopic (exact) mass is 268 g/mol. The largest absolute Gasteiger partial charge is 0.466 e. The molecule has 2 fully saturated rings. The minimum absolute atomic E-state index is 0.0665. The van der Waals surface area contributed by atoms with Crippen molar-refractivity contribution >= 4 is 22.7 Å².